The molecule has 0 heterocycles. The van der Waals surface area contributed by atoms with Gasteiger partial charge in [0.1, 0.15) is 0 Å². The fourth-order valence-corrected chi connectivity index (χ4v) is 4.35. The molecule has 94 valence electrons. The average Bonchev–Trinajstić information content (AvgIpc) is 2.77. The van der Waals surface area contributed by atoms with E-state index in [4.69, 9.17) is 11.6 Å². The standard InChI is InChI=1S/C12H15ClO3S/c13-11(12(14)8-4-5-9-12)17(15,16)10-6-2-1-3-7-10/h1-3,6-7,11,14H,4-5,8-9H2. The van der Waals surface area contributed by atoms with Gasteiger partial charge in [-0.3, -0.25) is 0 Å². The summed E-state index contributed by atoms with van der Waals surface area (Å²) < 4.78 is 23.2. The summed E-state index contributed by atoms with van der Waals surface area (Å²) in [6, 6.07) is 8.04. The van der Waals surface area contributed by atoms with Crippen molar-refractivity contribution in [3.8, 4) is 0 Å². The van der Waals surface area contributed by atoms with Crippen molar-refractivity contribution in [2.24, 2.45) is 0 Å². The molecule has 1 unspecified atom stereocenters. The minimum Gasteiger partial charge on any atom is -0.387 e. The summed E-state index contributed by atoms with van der Waals surface area (Å²) in [4.78, 5) is 0.167. The molecule has 1 aromatic carbocycles. The highest BCUT2D eigenvalue weighted by Gasteiger charge is 2.46. The van der Waals surface area contributed by atoms with Gasteiger partial charge < -0.3 is 5.11 Å². The van der Waals surface area contributed by atoms with Crippen molar-refractivity contribution < 1.29 is 13.5 Å². The van der Waals surface area contributed by atoms with Gasteiger partial charge in [0, 0.05) is 0 Å². The number of rotatable bonds is 3. The number of hydrogen-bond acceptors (Lipinski definition) is 3. The van der Waals surface area contributed by atoms with Gasteiger partial charge in [-0.25, -0.2) is 8.42 Å². The van der Waals surface area contributed by atoms with Crippen LogP contribution in [0, 0.1) is 0 Å². The molecule has 0 bridgehead atoms. The first-order valence-corrected chi connectivity index (χ1v) is 7.60. The third-order valence-electron chi connectivity index (χ3n) is 3.24. The highest BCUT2D eigenvalue weighted by molar-refractivity contribution is 7.93. The third kappa shape index (κ3) is 2.34. The Hall–Kier alpha value is -0.580. The molecule has 1 N–H and O–H groups in total. The molecule has 0 amide bonds. The summed E-state index contributed by atoms with van der Waals surface area (Å²) in [5, 5.41) is 10.2. The van der Waals surface area contributed by atoms with Gasteiger partial charge in [-0.05, 0) is 25.0 Å². The number of hydrogen-bond donors (Lipinski definition) is 1. The Labute approximate surface area is 106 Å². The van der Waals surface area contributed by atoms with Gasteiger partial charge in [0.2, 0.25) is 0 Å². The van der Waals surface area contributed by atoms with Crippen LogP contribution < -0.4 is 0 Å². The Morgan fingerprint density at radius 2 is 1.71 bits per heavy atom. The lowest BCUT2D eigenvalue weighted by Crippen LogP contribution is -2.41. The van der Waals surface area contributed by atoms with Crippen molar-refractivity contribution in [1.29, 1.82) is 0 Å². The van der Waals surface area contributed by atoms with E-state index in [1.165, 1.54) is 12.1 Å². The van der Waals surface area contributed by atoms with Crippen LogP contribution in [-0.4, -0.2) is 23.8 Å². The van der Waals surface area contributed by atoms with Gasteiger partial charge in [0.15, 0.2) is 14.5 Å². The monoisotopic (exact) mass is 274 g/mol. The second-order valence-electron chi connectivity index (χ2n) is 4.48. The minimum atomic E-state index is -3.67. The maximum absolute atomic E-state index is 12.2. The normalized spacial score (nSPS) is 21.3. The Morgan fingerprint density at radius 3 is 2.24 bits per heavy atom. The maximum Gasteiger partial charge on any atom is 0.198 e. The van der Waals surface area contributed by atoms with E-state index in [1.54, 1.807) is 18.2 Å². The maximum atomic E-state index is 12.2. The molecule has 0 aliphatic heterocycles. The predicted molar refractivity (Wildman–Crippen MR) is 66.7 cm³/mol. The van der Waals surface area contributed by atoms with Crippen molar-refractivity contribution in [3.05, 3.63) is 30.3 Å². The zero-order chi connectivity index (χ0) is 12.5. The lowest BCUT2D eigenvalue weighted by atomic mass is 10.1. The first-order chi connectivity index (χ1) is 7.97. The van der Waals surface area contributed by atoms with Crippen LogP contribution in [0.15, 0.2) is 35.2 Å². The zero-order valence-electron chi connectivity index (χ0n) is 9.34. The molecule has 0 aromatic heterocycles. The molecule has 1 atom stereocenters. The van der Waals surface area contributed by atoms with Crippen LogP contribution in [0.25, 0.3) is 0 Å². The smallest absolute Gasteiger partial charge is 0.198 e. The van der Waals surface area contributed by atoms with Crippen LogP contribution in [0.4, 0.5) is 0 Å². The summed E-state index contributed by atoms with van der Waals surface area (Å²) in [5.74, 6) is 0. The Balaban J connectivity index is 2.33. The van der Waals surface area contributed by atoms with E-state index >= 15 is 0 Å². The molecule has 5 heteroatoms. The second-order valence-corrected chi connectivity index (χ2v) is 7.21. The summed E-state index contributed by atoms with van der Waals surface area (Å²) in [6.07, 6.45) is 2.55. The van der Waals surface area contributed by atoms with E-state index < -0.39 is 20.1 Å². The molecular weight excluding hydrogens is 260 g/mol. The van der Waals surface area contributed by atoms with Gasteiger partial charge in [0.25, 0.3) is 0 Å². The topological polar surface area (TPSA) is 54.4 Å². The number of halogens is 1. The molecule has 3 nitrogen and oxygen atoms in total. The lowest BCUT2D eigenvalue weighted by Gasteiger charge is -2.27. The molecule has 17 heavy (non-hydrogen) atoms. The molecule has 2 rings (SSSR count). The van der Waals surface area contributed by atoms with Crippen LogP contribution in [0.3, 0.4) is 0 Å². The molecule has 1 aliphatic rings. The average molecular weight is 275 g/mol. The number of sulfone groups is 1. The van der Waals surface area contributed by atoms with Crippen LogP contribution in [0.1, 0.15) is 25.7 Å². The van der Waals surface area contributed by atoms with E-state index in [0.717, 1.165) is 12.8 Å². The van der Waals surface area contributed by atoms with Gasteiger partial charge in [0.05, 0.1) is 10.5 Å². The first-order valence-electron chi connectivity index (χ1n) is 5.62. The van der Waals surface area contributed by atoms with Crippen LogP contribution in [-0.2, 0) is 9.84 Å². The molecule has 1 saturated carbocycles. The molecule has 0 radical (unpaired) electrons. The van der Waals surface area contributed by atoms with E-state index in [2.05, 4.69) is 0 Å². The first kappa shape index (κ1) is 12.9. The minimum absolute atomic E-state index is 0.167. The molecule has 1 aromatic rings. The largest absolute Gasteiger partial charge is 0.387 e. The highest BCUT2D eigenvalue weighted by atomic mass is 35.5. The van der Waals surface area contributed by atoms with Gasteiger partial charge in [-0.2, -0.15) is 0 Å². The fraction of sp³-hybridized carbons (Fsp3) is 0.500. The van der Waals surface area contributed by atoms with Gasteiger partial charge >= 0.3 is 0 Å². The zero-order valence-corrected chi connectivity index (χ0v) is 10.9. The Morgan fingerprint density at radius 1 is 1.18 bits per heavy atom. The summed E-state index contributed by atoms with van der Waals surface area (Å²) in [7, 11) is -3.67. The molecule has 0 saturated heterocycles. The van der Waals surface area contributed by atoms with Crippen LogP contribution in [0.2, 0.25) is 0 Å². The molecule has 0 spiro atoms. The van der Waals surface area contributed by atoms with E-state index in [1.807, 2.05) is 0 Å². The molecule has 1 fully saturated rings. The summed E-state index contributed by atoms with van der Waals surface area (Å²) in [5.41, 5.74) is -1.28. The molecular formula is C12H15ClO3S. The van der Waals surface area contributed by atoms with Crippen molar-refractivity contribution in [2.45, 2.75) is 40.9 Å². The van der Waals surface area contributed by atoms with Crippen molar-refractivity contribution in [3.63, 3.8) is 0 Å². The van der Waals surface area contributed by atoms with E-state index in [-0.39, 0.29) is 4.90 Å². The van der Waals surface area contributed by atoms with Gasteiger partial charge in [-0.15, -0.1) is 11.6 Å². The van der Waals surface area contributed by atoms with E-state index in [0.29, 0.717) is 12.8 Å². The number of benzene rings is 1. The highest BCUT2D eigenvalue weighted by Crippen LogP contribution is 2.39. The third-order valence-corrected chi connectivity index (χ3v) is 6.26. The van der Waals surface area contributed by atoms with Gasteiger partial charge in [-0.1, -0.05) is 31.0 Å². The SMILES string of the molecule is O=S(=O)(c1ccccc1)C(Cl)C1(O)CCCC1. The van der Waals surface area contributed by atoms with Crippen molar-refractivity contribution in [1.82, 2.24) is 0 Å². The quantitative estimate of drug-likeness (QED) is 0.861. The van der Waals surface area contributed by atoms with Crippen LogP contribution in [0.5, 0.6) is 0 Å². The van der Waals surface area contributed by atoms with Crippen molar-refractivity contribution in [2.75, 3.05) is 0 Å². The predicted octanol–water partition coefficient (Wildman–Crippen LogP) is 2.33. The lowest BCUT2D eigenvalue weighted by molar-refractivity contribution is 0.0615. The Bertz CT molecular complexity index is 478. The van der Waals surface area contributed by atoms with Crippen LogP contribution >= 0.6 is 11.6 Å². The van der Waals surface area contributed by atoms with Crippen molar-refractivity contribution >= 4 is 21.4 Å². The fourth-order valence-electron chi connectivity index (χ4n) is 2.23. The summed E-state index contributed by atoms with van der Waals surface area (Å²) >= 11 is 6.02. The second kappa shape index (κ2) is 4.59. The number of aliphatic hydroxyl groups is 1. The number of alkyl halides is 1. The Kier molecular flexibility index (Phi) is 3.48. The summed E-state index contributed by atoms with van der Waals surface area (Å²) in [6.45, 7) is 0. The van der Waals surface area contributed by atoms with E-state index in [9.17, 15) is 13.5 Å². The molecule has 1 aliphatic carbocycles.